The fourth-order valence-corrected chi connectivity index (χ4v) is 4.57. The van der Waals surface area contributed by atoms with Crippen molar-refractivity contribution in [3.8, 4) is 0 Å². The van der Waals surface area contributed by atoms with Crippen LogP contribution in [-0.4, -0.2) is 78.9 Å². The summed E-state index contributed by atoms with van der Waals surface area (Å²) in [5.41, 5.74) is 1.09. The third kappa shape index (κ3) is 4.40. The van der Waals surface area contributed by atoms with Crippen molar-refractivity contribution in [2.45, 2.75) is 31.0 Å². The smallest absolute Gasteiger partial charge is 0.475 e. The first kappa shape index (κ1) is 21.6. The molecule has 0 aliphatic carbocycles. The second-order valence-corrected chi connectivity index (χ2v) is 7.85. The maximum absolute atomic E-state index is 12.9. The van der Waals surface area contributed by atoms with Gasteiger partial charge in [0, 0.05) is 45.2 Å². The van der Waals surface area contributed by atoms with Gasteiger partial charge >= 0.3 is 12.1 Å². The predicted molar refractivity (Wildman–Crippen MR) is 98.4 cm³/mol. The molecular formula is C20H25F3N2O4. The number of ether oxygens (including phenoxy) is 1. The van der Waals surface area contributed by atoms with Crippen molar-refractivity contribution < 1.29 is 32.6 Å². The van der Waals surface area contributed by atoms with Crippen LogP contribution in [-0.2, 0) is 14.3 Å². The number of likely N-dealkylation sites (tertiary alicyclic amines) is 2. The first-order valence-corrected chi connectivity index (χ1v) is 9.57. The van der Waals surface area contributed by atoms with Gasteiger partial charge in [-0.25, -0.2) is 4.79 Å². The summed E-state index contributed by atoms with van der Waals surface area (Å²) in [6, 6.07) is 11.1. The van der Waals surface area contributed by atoms with Crippen molar-refractivity contribution in [3.63, 3.8) is 0 Å². The minimum absolute atomic E-state index is 0.224. The lowest BCUT2D eigenvalue weighted by atomic mass is 9.73. The van der Waals surface area contributed by atoms with Crippen molar-refractivity contribution >= 4 is 11.9 Å². The van der Waals surface area contributed by atoms with Gasteiger partial charge in [-0.2, -0.15) is 13.2 Å². The zero-order valence-corrected chi connectivity index (χ0v) is 16.2. The highest BCUT2D eigenvalue weighted by Gasteiger charge is 2.57. The molecule has 1 N–H and O–H groups in total. The number of aliphatic carboxylic acids is 1. The minimum atomic E-state index is -5.08. The molecule has 29 heavy (non-hydrogen) atoms. The van der Waals surface area contributed by atoms with Crippen LogP contribution in [0.2, 0.25) is 0 Å². The lowest BCUT2D eigenvalue weighted by Crippen LogP contribution is -2.40. The van der Waals surface area contributed by atoms with Crippen molar-refractivity contribution in [2.75, 3.05) is 39.9 Å². The number of amides is 1. The minimum Gasteiger partial charge on any atom is -0.475 e. The van der Waals surface area contributed by atoms with E-state index < -0.39 is 12.1 Å². The number of rotatable bonds is 2. The predicted octanol–water partition coefficient (Wildman–Crippen LogP) is 2.36. The number of carboxylic acids is 1. The van der Waals surface area contributed by atoms with Crippen molar-refractivity contribution in [1.29, 1.82) is 0 Å². The normalized spacial score (nSPS) is 29.9. The summed E-state index contributed by atoms with van der Waals surface area (Å²) < 4.78 is 37.3. The Bertz CT molecular complexity index is 737. The molecule has 0 radical (unpaired) electrons. The van der Waals surface area contributed by atoms with Crippen molar-refractivity contribution in [1.82, 2.24) is 9.80 Å². The summed E-state index contributed by atoms with van der Waals surface area (Å²) in [7, 11) is 1.94. The van der Waals surface area contributed by atoms with E-state index in [0.717, 1.165) is 45.7 Å². The number of nitrogens with zero attached hydrogens (tertiary/aromatic N) is 2. The van der Waals surface area contributed by atoms with E-state index in [9.17, 15) is 18.0 Å². The Hall–Kier alpha value is -2.13. The van der Waals surface area contributed by atoms with Gasteiger partial charge in [0.15, 0.2) is 0 Å². The zero-order valence-electron chi connectivity index (χ0n) is 16.2. The third-order valence-electron chi connectivity index (χ3n) is 6.10. The molecule has 9 heteroatoms. The van der Waals surface area contributed by atoms with Crippen LogP contribution >= 0.6 is 0 Å². The van der Waals surface area contributed by atoms with E-state index in [1.807, 2.05) is 11.9 Å². The Morgan fingerprint density at radius 1 is 1.28 bits per heavy atom. The fraction of sp³-hybridized carbons (Fsp3) is 0.600. The van der Waals surface area contributed by atoms with E-state index >= 15 is 0 Å². The summed E-state index contributed by atoms with van der Waals surface area (Å²) in [5.74, 6) is -2.11. The molecule has 3 aliphatic heterocycles. The fourth-order valence-electron chi connectivity index (χ4n) is 4.57. The van der Waals surface area contributed by atoms with Crippen LogP contribution in [0.4, 0.5) is 13.2 Å². The SMILES string of the molecule is CN1CC[C@]2(CN(C3CCOC3)C[C@H]2c2ccccc2)C1=O.O=C(O)C(F)(F)F. The molecule has 1 amide bonds. The van der Waals surface area contributed by atoms with E-state index in [-0.39, 0.29) is 5.41 Å². The molecule has 0 saturated carbocycles. The van der Waals surface area contributed by atoms with Gasteiger partial charge < -0.3 is 14.7 Å². The highest BCUT2D eigenvalue weighted by molar-refractivity contribution is 5.86. The quantitative estimate of drug-likeness (QED) is 0.805. The number of benzene rings is 1. The summed E-state index contributed by atoms with van der Waals surface area (Å²) in [5, 5.41) is 7.12. The highest BCUT2D eigenvalue weighted by Crippen LogP contribution is 2.50. The topological polar surface area (TPSA) is 70.1 Å². The van der Waals surface area contributed by atoms with Gasteiger partial charge in [-0.1, -0.05) is 30.3 Å². The molecule has 3 atom stereocenters. The molecular weight excluding hydrogens is 389 g/mol. The average molecular weight is 414 g/mol. The number of hydrogen-bond acceptors (Lipinski definition) is 4. The molecule has 0 aromatic heterocycles. The van der Waals surface area contributed by atoms with E-state index in [1.165, 1.54) is 5.56 Å². The van der Waals surface area contributed by atoms with Gasteiger partial charge in [0.25, 0.3) is 0 Å². The number of carbonyl (C=O) groups is 2. The zero-order chi connectivity index (χ0) is 21.2. The van der Waals surface area contributed by atoms with Gasteiger partial charge in [-0.15, -0.1) is 0 Å². The van der Waals surface area contributed by atoms with Crippen LogP contribution in [0.3, 0.4) is 0 Å². The molecule has 1 unspecified atom stereocenters. The summed E-state index contributed by atoms with van der Waals surface area (Å²) in [6.07, 6.45) is -3.01. The Balaban J connectivity index is 0.000000298. The van der Waals surface area contributed by atoms with Gasteiger partial charge in [0.2, 0.25) is 5.91 Å². The number of hydrogen-bond donors (Lipinski definition) is 1. The Labute approximate surface area is 167 Å². The van der Waals surface area contributed by atoms with Crippen LogP contribution in [0.5, 0.6) is 0 Å². The third-order valence-corrected chi connectivity index (χ3v) is 6.10. The van der Waals surface area contributed by atoms with E-state index in [2.05, 4.69) is 35.2 Å². The molecule has 160 valence electrons. The number of carbonyl (C=O) groups excluding carboxylic acids is 1. The monoisotopic (exact) mass is 414 g/mol. The number of halogens is 3. The second kappa shape index (κ2) is 8.31. The van der Waals surface area contributed by atoms with Crippen LogP contribution in [0, 0.1) is 5.41 Å². The van der Waals surface area contributed by atoms with Gasteiger partial charge in [-0.05, 0) is 18.4 Å². The summed E-state index contributed by atoms with van der Waals surface area (Å²) in [4.78, 5) is 26.3. The molecule has 3 saturated heterocycles. The summed E-state index contributed by atoms with van der Waals surface area (Å²) >= 11 is 0. The lowest BCUT2D eigenvalue weighted by molar-refractivity contribution is -0.192. The molecule has 1 aromatic rings. The van der Waals surface area contributed by atoms with Crippen LogP contribution in [0.1, 0.15) is 24.3 Å². The van der Waals surface area contributed by atoms with Crippen LogP contribution < -0.4 is 0 Å². The average Bonchev–Trinajstić information content (AvgIpc) is 3.39. The molecule has 4 rings (SSSR count). The molecule has 0 bridgehead atoms. The number of carboxylic acid groups (broad SMARTS) is 1. The molecule has 3 aliphatic rings. The highest BCUT2D eigenvalue weighted by atomic mass is 19.4. The Morgan fingerprint density at radius 3 is 2.41 bits per heavy atom. The van der Waals surface area contributed by atoms with E-state index in [1.54, 1.807) is 0 Å². The number of alkyl halides is 3. The first-order valence-electron chi connectivity index (χ1n) is 9.57. The van der Waals surface area contributed by atoms with E-state index in [0.29, 0.717) is 17.9 Å². The van der Waals surface area contributed by atoms with Crippen LogP contribution in [0.25, 0.3) is 0 Å². The van der Waals surface area contributed by atoms with Crippen molar-refractivity contribution in [2.24, 2.45) is 5.41 Å². The van der Waals surface area contributed by atoms with E-state index in [4.69, 9.17) is 14.6 Å². The van der Waals surface area contributed by atoms with Gasteiger partial charge in [0.05, 0.1) is 12.0 Å². The largest absolute Gasteiger partial charge is 0.490 e. The molecule has 1 spiro atoms. The Kier molecular flexibility index (Phi) is 6.19. The first-order chi connectivity index (χ1) is 13.6. The second-order valence-electron chi connectivity index (χ2n) is 7.85. The lowest BCUT2D eigenvalue weighted by Gasteiger charge is -2.29. The van der Waals surface area contributed by atoms with Gasteiger partial charge in [0.1, 0.15) is 0 Å². The maximum atomic E-state index is 12.9. The van der Waals surface area contributed by atoms with Crippen LogP contribution in [0.15, 0.2) is 30.3 Å². The maximum Gasteiger partial charge on any atom is 0.490 e. The van der Waals surface area contributed by atoms with Crippen molar-refractivity contribution in [3.05, 3.63) is 35.9 Å². The summed E-state index contributed by atoms with van der Waals surface area (Å²) in [6.45, 7) is 4.44. The molecule has 3 fully saturated rings. The van der Waals surface area contributed by atoms with Gasteiger partial charge in [-0.3, -0.25) is 9.69 Å². The standard InChI is InChI=1S/C18H24N2O2.C2HF3O2/c1-19-9-8-18(17(19)21)13-20(15-7-10-22-12-15)11-16(18)14-5-3-2-4-6-14;3-2(4,5)1(6)7/h2-6,15-16H,7-13H2,1H3;(H,6,7)/t15?,16-,18+;/m0./s1. The molecule has 6 nitrogen and oxygen atoms in total. The molecule has 3 heterocycles. The Morgan fingerprint density at radius 2 is 1.93 bits per heavy atom. The molecule has 1 aromatic carbocycles.